The molecule has 2 nitrogen and oxygen atoms in total. The lowest BCUT2D eigenvalue weighted by Gasteiger charge is -1.99. The maximum absolute atomic E-state index is 11.8. The van der Waals surface area contributed by atoms with Crippen LogP contribution in [0.5, 0.6) is 0 Å². The van der Waals surface area contributed by atoms with Gasteiger partial charge in [0.05, 0.1) is 0 Å². The number of nitrogens with zero attached hydrogens (tertiary/aromatic N) is 1. The van der Waals surface area contributed by atoms with E-state index in [4.69, 9.17) is 0 Å². The normalized spacial score (nSPS) is 12.3. The lowest BCUT2D eigenvalue weighted by atomic mass is 10.3. The van der Waals surface area contributed by atoms with Crippen LogP contribution in [0.15, 0.2) is 24.4 Å². The third kappa shape index (κ3) is 2.48. The van der Waals surface area contributed by atoms with Crippen LogP contribution in [0.3, 0.4) is 0 Å². The van der Waals surface area contributed by atoms with Crippen molar-refractivity contribution in [2.45, 2.75) is 6.18 Å². The predicted molar refractivity (Wildman–Crippen MR) is 45.5 cm³/mol. The average Bonchev–Trinajstić information content (AvgIpc) is 2.45. The summed E-state index contributed by atoms with van der Waals surface area (Å²) in [5, 5.41) is 0. The van der Waals surface area contributed by atoms with Crippen LogP contribution >= 0.6 is 0 Å². The van der Waals surface area contributed by atoms with E-state index in [1.807, 2.05) is 0 Å². The monoisotopic (exact) mass is 203 g/mol. The molecule has 1 rings (SSSR count). The van der Waals surface area contributed by atoms with E-state index in [9.17, 15) is 18.0 Å². The van der Waals surface area contributed by atoms with Crippen molar-refractivity contribution in [3.05, 3.63) is 30.1 Å². The highest BCUT2D eigenvalue weighted by Crippen LogP contribution is 2.17. The molecule has 0 radical (unpaired) electrons. The minimum absolute atomic E-state index is 0.523. The van der Waals surface area contributed by atoms with Gasteiger partial charge in [-0.05, 0) is 24.3 Å². The number of halogens is 3. The van der Waals surface area contributed by atoms with Gasteiger partial charge in [0.25, 0.3) is 5.78 Å². The lowest BCUT2D eigenvalue weighted by molar-refractivity contribution is -0.165. The summed E-state index contributed by atoms with van der Waals surface area (Å²) in [6.45, 7) is 0. The summed E-state index contributed by atoms with van der Waals surface area (Å²) in [5.41, 5.74) is 0.544. The Kier molecular flexibility index (Phi) is 2.78. The number of hydrogen-bond acceptors (Lipinski definition) is 1. The van der Waals surface area contributed by atoms with Crippen LogP contribution in [0.2, 0.25) is 0 Å². The summed E-state index contributed by atoms with van der Waals surface area (Å²) in [6.07, 6.45) is -1.45. The van der Waals surface area contributed by atoms with Crippen LogP contribution in [0, 0.1) is 0 Å². The largest absolute Gasteiger partial charge is 0.454 e. The minimum atomic E-state index is -4.79. The Bertz CT molecular complexity index is 362. The molecule has 0 bridgehead atoms. The van der Waals surface area contributed by atoms with Gasteiger partial charge in [-0.1, -0.05) is 0 Å². The fourth-order valence-electron chi connectivity index (χ4n) is 0.903. The SMILES string of the molecule is Cn1cccc1/C=C/C(=O)C(F)(F)F. The maximum atomic E-state index is 11.8. The topological polar surface area (TPSA) is 22.0 Å². The van der Waals surface area contributed by atoms with E-state index in [2.05, 4.69) is 0 Å². The van der Waals surface area contributed by atoms with Gasteiger partial charge in [-0.15, -0.1) is 0 Å². The molecule has 0 atom stereocenters. The molecular weight excluding hydrogens is 195 g/mol. The summed E-state index contributed by atoms with van der Waals surface area (Å²) < 4.78 is 36.9. The fraction of sp³-hybridized carbons (Fsp3) is 0.222. The van der Waals surface area contributed by atoms with E-state index in [0.29, 0.717) is 11.8 Å². The highest BCUT2D eigenvalue weighted by molar-refractivity contribution is 5.97. The number of ketones is 1. The van der Waals surface area contributed by atoms with Crippen LogP contribution in [0.1, 0.15) is 5.69 Å². The number of aryl methyl sites for hydroxylation is 1. The second-order valence-corrected chi connectivity index (χ2v) is 2.74. The van der Waals surface area contributed by atoms with Crippen molar-refractivity contribution in [3.63, 3.8) is 0 Å². The molecule has 14 heavy (non-hydrogen) atoms. The molecule has 1 heterocycles. The third-order valence-electron chi connectivity index (χ3n) is 1.67. The first-order valence-corrected chi connectivity index (χ1v) is 3.82. The number of hydrogen-bond donors (Lipinski definition) is 0. The van der Waals surface area contributed by atoms with Crippen molar-refractivity contribution in [2.24, 2.45) is 7.05 Å². The van der Waals surface area contributed by atoms with Crippen molar-refractivity contribution >= 4 is 11.9 Å². The predicted octanol–water partition coefficient (Wildman–Crippen LogP) is 2.17. The van der Waals surface area contributed by atoms with Crippen molar-refractivity contribution in [2.75, 3.05) is 0 Å². The van der Waals surface area contributed by atoms with Crippen molar-refractivity contribution in [1.29, 1.82) is 0 Å². The van der Waals surface area contributed by atoms with Gasteiger partial charge < -0.3 is 4.57 Å². The van der Waals surface area contributed by atoms with Gasteiger partial charge >= 0.3 is 6.18 Å². The molecule has 1 aromatic heterocycles. The molecule has 5 heteroatoms. The second kappa shape index (κ2) is 3.69. The second-order valence-electron chi connectivity index (χ2n) is 2.74. The van der Waals surface area contributed by atoms with E-state index in [-0.39, 0.29) is 0 Å². The molecule has 0 saturated heterocycles. The quantitative estimate of drug-likeness (QED) is 0.675. The number of carbonyl (C=O) groups excluding carboxylic acids is 1. The van der Waals surface area contributed by atoms with Crippen LogP contribution in [-0.2, 0) is 11.8 Å². The van der Waals surface area contributed by atoms with Crippen molar-refractivity contribution in [1.82, 2.24) is 4.57 Å². The van der Waals surface area contributed by atoms with E-state index in [0.717, 1.165) is 6.08 Å². The van der Waals surface area contributed by atoms with Gasteiger partial charge in [0.15, 0.2) is 0 Å². The zero-order chi connectivity index (χ0) is 10.8. The van der Waals surface area contributed by atoms with Gasteiger partial charge in [-0.3, -0.25) is 4.79 Å². The van der Waals surface area contributed by atoms with Crippen molar-refractivity contribution in [3.8, 4) is 0 Å². The molecule has 0 aliphatic carbocycles. The minimum Gasteiger partial charge on any atom is -0.351 e. The Morgan fingerprint density at radius 3 is 2.57 bits per heavy atom. The molecule has 0 spiro atoms. The van der Waals surface area contributed by atoms with Gasteiger partial charge in [0, 0.05) is 18.9 Å². The first kappa shape index (κ1) is 10.6. The summed E-state index contributed by atoms with van der Waals surface area (Å²) in [6, 6.07) is 3.29. The standard InChI is InChI=1S/C9H8F3NO/c1-13-6-2-3-7(13)4-5-8(14)9(10,11)12/h2-6H,1H3/b5-4+. The van der Waals surface area contributed by atoms with E-state index < -0.39 is 12.0 Å². The van der Waals surface area contributed by atoms with Gasteiger partial charge in [0.2, 0.25) is 0 Å². The molecular formula is C9H8F3NO. The Balaban J connectivity index is 2.75. The molecule has 0 N–H and O–H groups in total. The molecule has 76 valence electrons. The third-order valence-corrected chi connectivity index (χ3v) is 1.67. The van der Waals surface area contributed by atoms with Gasteiger partial charge in [-0.2, -0.15) is 13.2 Å². The number of rotatable bonds is 2. The number of allylic oxidation sites excluding steroid dienone is 1. The van der Waals surface area contributed by atoms with Crippen LogP contribution < -0.4 is 0 Å². The zero-order valence-electron chi connectivity index (χ0n) is 7.38. The maximum Gasteiger partial charge on any atom is 0.454 e. The van der Waals surface area contributed by atoms with E-state index in [1.165, 1.54) is 0 Å². The average molecular weight is 203 g/mol. The van der Waals surface area contributed by atoms with Crippen LogP contribution in [0.4, 0.5) is 13.2 Å². The van der Waals surface area contributed by atoms with E-state index >= 15 is 0 Å². The zero-order valence-corrected chi connectivity index (χ0v) is 7.38. The van der Waals surface area contributed by atoms with Gasteiger partial charge in [0.1, 0.15) is 0 Å². The highest BCUT2D eigenvalue weighted by atomic mass is 19.4. The Hall–Kier alpha value is -1.52. The summed E-state index contributed by atoms with van der Waals surface area (Å²) in [4.78, 5) is 10.5. The molecule has 1 aromatic rings. The van der Waals surface area contributed by atoms with Crippen molar-refractivity contribution < 1.29 is 18.0 Å². The molecule has 0 aliphatic heterocycles. The Labute approximate surface area is 78.6 Å². The lowest BCUT2D eigenvalue weighted by Crippen LogP contribution is -2.19. The Morgan fingerprint density at radius 1 is 1.50 bits per heavy atom. The van der Waals surface area contributed by atoms with Crippen LogP contribution in [-0.4, -0.2) is 16.5 Å². The van der Waals surface area contributed by atoms with Gasteiger partial charge in [-0.25, -0.2) is 0 Å². The smallest absolute Gasteiger partial charge is 0.351 e. The molecule has 0 unspecified atom stereocenters. The fourth-order valence-corrected chi connectivity index (χ4v) is 0.903. The molecule has 0 aromatic carbocycles. The molecule has 0 amide bonds. The summed E-state index contributed by atoms with van der Waals surface area (Å²) >= 11 is 0. The van der Waals surface area contributed by atoms with E-state index in [1.54, 1.807) is 29.9 Å². The molecule has 0 aliphatic rings. The first-order chi connectivity index (χ1) is 6.41. The number of carbonyl (C=O) groups is 1. The van der Waals surface area contributed by atoms with Crippen LogP contribution in [0.25, 0.3) is 6.08 Å². The highest BCUT2D eigenvalue weighted by Gasteiger charge is 2.35. The molecule has 0 fully saturated rings. The Morgan fingerprint density at radius 2 is 2.14 bits per heavy atom. The molecule has 0 saturated carbocycles. The first-order valence-electron chi connectivity index (χ1n) is 3.82. The summed E-state index contributed by atoms with van der Waals surface area (Å²) in [7, 11) is 1.68. The number of alkyl halides is 3. The number of aromatic nitrogens is 1. The summed E-state index contributed by atoms with van der Waals surface area (Å²) in [5.74, 6) is -1.85.